The SMILES string of the molecule is CCCCCCCCC(CC)CO[Si](O)(O)O. The van der Waals surface area contributed by atoms with E-state index in [2.05, 4.69) is 18.3 Å². The lowest BCUT2D eigenvalue weighted by Crippen LogP contribution is -2.40. The Labute approximate surface area is 106 Å². The van der Waals surface area contributed by atoms with E-state index in [-0.39, 0.29) is 6.61 Å². The van der Waals surface area contributed by atoms with E-state index in [1.807, 2.05) is 0 Å². The summed E-state index contributed by atoms with van der Waals surface area (Å²) in [5.74, 6) is 0.319. The zero-order chi connectivity index (χ0) is 13.1. The highest BCUT2D eigenvalue weighted by atomic mass is 28.4. The molecule has 3 N–H and O–H groups in total. The molecule has 0 aliphatic heterocycles. The van der Waals surface area contributed by atoms with Crippen molar-refractivity contribution in [3.05, 3.63) is 0 Å². The maximum atomic E-state index is 8.76. The summed E-state index contributed by atoms with van der Waals surface area (Å²) in [6, 6.07) is 0. The molecule has 0 aliphatic carbocycles. The molecule has 0 aromatic carbocycles. The maximum Gasteiger partial charge on any atom is 0.671 e. The third kappa shape index (κ3) is 12.3. The molecular weight excluding hydrogens is 236 g/mol. The van der Waals surface area contributed by atoms with Crippen molar-refractivity contribution in [3.63, 3.8) is 0 Å². The van der Waals surface area contributed by atoms with Crippen LogP contribution in [-0.2, 0) is 4.43 Å². The van der Waals surface area contributed by atoms with Crippen molar-refractivity contribution in [3.8, 4) is 0 Å². The van der Waals surface area contributed by atoms with E-state index in [4.69, 9.17) is 14.4 Å². The van der Waals surface area contributed by atoms with Gasteiger partial charge in [0, 0.05) is 6.61 Å². The van der Waals surface area contributed by atoms with Crippen LogP contribution in [0, 0.1) is 5.92 Å². The van der Waals surface area contributed by atoms with E-state index in [0.717, 1.165) is 19.3 Å². The van der Waals surface area contributed by atoms with Crippen molar-refractivity contribution in [2.24, 2.45) is 5.92 Å². The summed E-state index contributed by atoms with van der Waals surface area (Å²) in [5.41, 5.74) is 0. The monoisotopic (exact) mass is 264 g/mol. The van der Waals surface area contributed by atoms with Crippen molar-refractivity contribution >= 4 is 9.05 Å². The number of rotatable bonds is 11. The summed E-state index contributed by atoms with van der Waals surface area (Å²) in [6.45, 7) is 4.51. The van der Waals surface area contributed by atoms with Crippen LogP contribution in [0.1, 0.15) is 65.2 Å². The Bertz CT molecular complexity index is 170. The Balaban J connectivity index is 3.48. The zero-order valence-corrected chi connectivity index (χ0v) is 12.2. The van der Waals surface area contributed by atoms with Gasteiger partial charge in [0.2, 0.25) is 0 Å². The van der Waals surface area contributed by atoms with Gasteiger partial charge in [-0.1, -0.05) is 58.8 Å². The fourth-order valence-corrected chi connectivity index (χ4v) is 2.31. The first-order chi connectivity index (χ1) is 7.99. The summed E-state index contributed by atoms with van der Waals surface area (Å²) < 4.78 is 4.68. The molecule has 1 unspecified atom stereocenters. The molecule has 0 saturated carbocycles. The van der Waals surface area contributed by atoms with Crippen molar-refractivity contribution < 1.29 is 18.8 Å². The summed E-state index contributed by atoms with van der Waals surface area (Å²) in [4.78, 5) is 26.3. The smallest absolute Gasteiger partial charge is 0.368 e. The van der Waals surface area contributed by atoms with Crippen molar-refractivity contribution in [1.82, 2.24) is 0 Å². The van der Waals surface area contributed by atoms with Crippen molar-refractivity contribution in [1.29, 1.82) is 0 Å². The molecule has 17 heavy (non-hydrogen) atoms. The molecular formula is C12H28O4Si. The Morgan fingerprint density at radius 2 is 1.53 bits per heavy atom. The molecule has 0 aliphatic rings. The maximum absolute atomic E-state index is 8.76. The van der Waals surface area contributed by atoms with E-state index >= 15 is 0 Å². The van der Waals surface area contributed by atoms with Gasteiger partial charge in [0.25, 0.3) is 0 Å². The Hall–Kier alpha value is 0.0569. The topological polar surface area (TPSA) is 69.9 Å². The van der Waals surface area contributed by atoms with Gasteiger partial charge >= 0.3 is 9.05 Å². The van der Waals surface area contributed by atoms with Crippen LogP contribution in [0.2, 0.25) is 0 Å². The van der Waals surface area contributed by atoms with Gasteiger partial charge in [-0.2, -0.15) is 0 Å². The van der Waals surface area contributed by atoms with E-state index in [1.54, 1.807) is 0 Å². The van der Waals surface area contributed by atoms with E-state index in [0.29, 0.717) is 5.92 Å². The van der Waals surface area contributed by atoms with E-state index in [1.165, 1.54) is 32.1 Å². The van der Waals surface area contributed by atoms with Gasteiger partial charge in [-0.25, -0.2) is 0 Å². The molecule has 104 valence electrons. The lowest BCUT2D eigenvalue weighted by atomic mass is 9.99. The molecule has 5 heteroatoms. The molecule has 0 aromatic rings. The van der Waals surface area contributed by atoms with Crippen LogP contribution in [0.3, 0.4) is 0 Å². The molecule has 0 fully saturated rings. The predicted molar refractivity (Wildman–Crippen MR) is 70.1 cm³/mol. The second-order valence-electron chi connectivity index (χ2n) is 4.72. The molecule has 0 bridgehead atoms. The molecule has 1 atom stereocenters. The molecule has 0 radical (unpaired) electrons. The first-order valence-electron chi connectivity index (χ1n) is 6.80. The molecule has 0 spiro atoms. The lowest BCUT2D eigenvalue weighted by molar-refractivity contribution is 0.0464. The highest BCUT2D eigenvalue weighted by molar-refractivity contribution is 6.48. The Morgan fingerprint density at radius 3 is 2.06 bits per heavy atom. The Kier molecular flexibility index (Phi) is 10.1. The lowest BCUT2D eigenvalue weighted by Gasteiger charge is -2.17. The van der Waals surface area contributed by atoms with Crippen molar-refractivity contribution in [2.45, 2.75) is 65.2 Å². The standard InChI is InChI=1S/C12H28O4Si/c1-3-5-6-7-8-9-10-12(4-2)11-16-17(13,14)15/h12-15H,3-11H2,1-2H3. The highest BCUT2D eigenvalue weighted by Gasteiger charge is 2.31. The minimum absolute atomic E-state index is 0.251. The fourth-order valence-electron chi connectivity index (χ4n) is 1.85. The largest absolute Gasteiger partial charge is 0.671 e. The molecule has 0 heterocycles. The summed E-state index contributed by atoms with van der Waals surface area (Å²) in [7, 11) is -4.30. The first kappa shape index (κ1) is 17.1. The van der Waals surface area contributed by atoms with Crippen LogP contribution in [0.25, 0.3) is 0 Å². The van der Waals surface area contributed by atoms with Crippen molar-refractivity contribution in [2.75, 3.05) is 6.61 Å². The normalized spacial score (nSPS) is 13.9. The van der Waals surface area contributed by atoms with Crippen LogP contribution in [0.15, 0.2) is 0 Å². The molecule has 4 nitrogen and oxygen atoms in total. The van der Waals surface area contributed by atoms with Gasteiger partial charge < -0.3 is 18.8 Å². The second kappa shape index (κ2) is 10.0. The molecule has 0 aromatic heterocycles. The van der Waals surface area contributed by atoms with Crippen LogP contribution in [-0.4, -0.2) is 30.0 Å². The third-order valence-corrected chi connectivity index (χ3v) is 3.61. The second-order valence-corrected chi connectivity index (χ2v) is 6.15. The Morgan fingerprint density at radius 1 is 0.941 bits per heavy atom. The number of hydrogen-bond acceptors (Lipinski definition) is 4. The highest BCUT2D eigenvalue weighted by Crippen LogP contribution is 2.16. The van der Waals surface area contributed by atoms with Gasteiger partial charge in [0.15, 0.2) is 0 Å². The van der Waals surface area contributed by atoms with Gasteiger partial charge in [0.1, 0.15) is 0 Å². The molecule has 0 saturated heterocycles. The quantitative estimate of drug-likeness (QED) is 0.395. The van der Waals surface area contributed by atoms with E-state index < -0.39 is 9.05 Å². The van der Waals surface area contributed by atoms with Crippen LogP contribution >= 0.6 is 0 Å². The van der Waals surface area contributed by atoms with Gasteiger partial charge in [-0.05, 0) is 12.3 Å². The summed E-state index contributed by atoms with van der Waals surface area (Å²) in [6.07, 6.45) is 9.54. The molecule has 0 amide bonds. The zero-order valence-electron chi connectivity index (χ0n) is 11.2. The van der Waals surface area contributed by atoms with Crippen LogP contribution in [0.5, 0.6) is 0 Å². The van der Waals surface area contributed by atoms with E-state index in [9.17, 15) is 0 Å². The average molecular weight is 264 g/mol. The average Bonchev–Trinajstić information content (AvgIpc) is 2.26. The third-order valence-electron chi connectivity index (χ3n) is 3.06. The van der Waals surface area contributed by atoms with Gasteiger partial charge in [-0.3, -0.25) is 0 Å². The van der Waals surface area contributed by atoms with Gasteiger partial charge in [-0.15, -0.1) is 0 Å². The number of hydrogen-bond donors (Lipinski definition) is 3. The van der Waals surface area contributed by atoms with Crippen LogP contribution < -0.4 is 0 Å². The summed E-state index contributed by atoms with van der Waals surface area (Å²) >= 11 is 0. The summed E-state index contributed by atoms with van der Waals surface area (Å²) in [5, 5.41) is 0. The molecule has 0 rings (SSSR count). The first-order valence-corrected chi connectivity index (χ1v) is 8.55. The fraction of sp³-hybridized carbons (Fsp3) is 1.00. The van der Waals surface area contributed by atoms with Gasteiger partial charge in [0.05, 0.1) is 0 Å². The minimum atomic E-state index is -4.30. The predicted octanol–water partition coefficient (Wildman–Crippen LogP) is 2.19. The van der Waals surface area contributed by atoms with Crippen LogP contribution in [0.4, 0.5) is 0 Å². The number of unbranched alkanes of at least 4 members (excludes halogenated alkanes) is 5. The minimum Gasteiger partial charge on any atom is -0.368 e.